The van der Waals surface area contributed by atoms with Gasteiger partial charge in [-0.05, 0) is 70.7 Å². The third-order valence-electron chi connectivity index (χ3n) is 6.15. The zero-order valence-corrected chi connectivity index (χ0v) is 20.8. The first-order chi connectivity index (χ1) is 15.7. The zero-order valence-electron chi connectivity index (χ0n) is 20.8. The third-order valence-corrected chi connectivity index (χ3v) is 6.15. The molecule has 1 unspecified atom stereocenters. The van der Waals surface area contributed by atoms with Crippen LogP contribution >= 0.6 is 0 Å². The van der Waals surface area contributed by atoms with Gasteiger partial charge in [-0.2, -0.15) is 0 Å². The van der Waals surface area contributed by atoms with E-state index < -0.39 is 6.10 Å². The summed E-state index contributed by atoms with van der Waals surface area (Å²) in [6.07, 6.45) is 1.21. The molecule has 1 atom stereocenters. The van der Waals surface area contributed by atoms with Crippen LogP contribution in [-0.4, -0.2) is 5.11 Å². The summed E-state index contributed by atoms with van der Waals surface area (Å²) < 4.78 is 20.6. The Hall–Kier alpha value is -2.65. The van der Waals surface area contributed by atoms with Crippen molar-refractivity contribution in [3.05, 3.63) is 88.2 Å². The van der Waals surface area contributed by atoms with E-state index in [-0.39, 0.29) is 11.7 Å². The van der Waals surface area contributed by atoms with Gasteiger partial charge < -0.3 is 9.84 Å². The van der Waals surface area contributed by atoms with Gasteiger partial charge in [-0.3, -0.25) is 0 Å². The Bertz CT molecular complexity index is 1070. The van der Waals surface area contributed by atoms with Gasteiger partial charge in [0.25, 0.3) is 0 Å². The number of rotatable bonds is 9. The van der Waals surface area contributed by atoms with Crippen molar-refractivity contribution in [1.82, 2.24) is 0 Å². The fourth-order valence-electron chi connectivity index (χ4n) is 4.61. The normalized spacial score (nSPS) is 12.4. The Kier molecular flexibility index (Phi) is 8.31. The Morgan fingerprint density at radius 1 is 0.879 bits per heavy atom. The Morgan fingerprint density at radius 3 is 2.12 bits per heavy atom. The second-order valence-electron chi connectivity index (χ2n) is 9.47. The van der Waals surface area contributed by atoms with Gasteiger partial charge in [-0.1, -0.05) is 77.4 Å². The van der Waals surface area contributed by atoms with Gasteiger partial charge in [0.1, 0.15) is 18.2 Å². The van der Waals surface area contributed by atoms with Gasteiger partial charge in [0.2, 0.25) is 0 Å². The SMILES string of the molecule is CCCc1c(C(C)C)cc(C(C)C)c(C(C)O)c1-c1ccc(F)cc1OCc1ccccc1. The Morgan fingerprint density at radius 2 is 1.55 bits per heavy atom. The van der Waals surface area contributed by atoms with E-state index in [4.69, 9.17) is 4.74 Å². The van der Waals surface area contributed by atoms with Crippen molar-refractivity contribution >= 4 is 0 Å². The maximum Gasteiger partial charge on any atom is 0.130 e. The molecule has 0 aliphatic carbocycles. The molecule has 176 valence electrons. The van der Waals surface area contributed by atoms with Crippen molar-refractivity contribution < 1.29 is 14.2 Å². The summed E-state index contributed by atoms with van der Waals surface area (Å²) in [5.74, 6) is 0.755. The lowest BCUT2D eigenvalue weighted by molar-refractivity contribution is 0.198. The lowest BCUT2D eigenvalue weighted by atomic mass is 9.78. The van der Waals surface area contributed by atoms with E-state index in [0.717, 1.165) is 40.7 Å². The number of aliphatic hydroxyl groups excluding tert-OH is 1. The smallest absolute Gasteiger partial charge is 0.130 e. The van der Waals surface area contributed by atoms with Crippen molar-refractivity contribution in [2.45, 2.75) is 78.9 Å². The molecule has 0 aliphatic rings. The second kappa shape index (κ2) is 11.0. The van der Waals surface area contributed by atoms with Crippen LogP contribution in [0.4, 0.5) is 4.39 Å². The standard InChI is InChI=1S/C30H37FO2/c1-7-11-24-26(19(2)3)17-27(20(4)5)29(21(6)32)30(24)25-15-14-23(31)16-28(25)33-18-22-12-9-8-10-13-22/h8-10,12-17,19-21,32H,7,11,18H2,1-6H3. The van der Waals surface area contributed by atoms with E-state index in [9.17, 15) is 9.50 Å². The molecular weight excluding hydrogens is 411 g/mol. The maximum atomic E-state index is 14.4. The molecule has 2 nitrogen and oxygen atoms in total. The Labute approximate surface area is 198 Å². The average molecular weight is 449 g/mol. The average Bonchev–Trinajstić information content (AvgIpc) is 2.78. The summed E-state index contributed by atoms with van der Waals surface area (Å²) >= 11 is 0. The van der Waals surface area contributed by atoms with E-state index in [0.29, 0.717) is 18.3 Å². The molecule has 0 radical (unpaired) electrons. The van der Waals surface area contributed by atoms with Crippen LogP contribution in [0, 0.1) is 5.82 Å². The summed E-state index contributed by atoms with van der Waals surface area (Å²) in [5.41, 5.74) is 7.45. The van der Waals surface area contributed by atoms with E-state index in [1.54, 1.807) is 0 Å². The summed E-state index contributed by atoms with van der Waals surface area (Å²) in [6, 6.07) is 16.9. The molecule has 1 N–H and O–H groups in total. The van der Waals surface area contributed by atoms with E-state index in [1.165, 1.54) is 23.3 Å². The van der Waals surface area contributed by atoms with Gasteiger partial charge in [-0.15, -0.1) is 0 Å². The highest BCUT2D eigenvalue weighted by molar-refractivity contribution is 5.79. The number of hydrogen-bond acceptors (Lipinski definition) is 2. The van der Waals surface area contributed by atoms with Crippen LogP contribution in [-0.2, 0) is 13.0 Å². The molecule has 0 aliphatic heterocycles. The van der Waals surface area contributed by atoms with Crippen LogP contribution in [0.15, 0.2) is 54.6 Å². The fraction of sp³-hybridized carbons (Fsp3) is 0.400. The number of ether oxygens (including phenoxy) is 1. The third kappa shape index (κ3) is 5.65. The second-order valence-corrected chi connectivity index (χ2v) is 9.47. The molecule has 3 rings (SSSR count). The van der Waals surface area contributed by atoms with Crippen molar-refractivity contribution in [3.8, 4) is 16.9 Å². The molecule has 0 fully saturated rings. The van der Waals surface area contributed by atoms with Crippen molar-refractivity contribution in [1.29, 1.82) is 0 Å². The van der Waals surface area contributed by atoms with Crippen molar-refractivity contribution in [2.24, 2.45) is 0 Å². The number of hydrogen-bond donors (Lipinski definition) is 1. The largest absolute Gasteiger partial charge is 0.488 e. The van der Waals surface area contributed by atoms with E-state index in [1.807, 2.05) is 43.3 Å². The van der Waals surface area contributed by atoms with Gasteiger partial charge >= 0.3 is 0 Å². The monoisotopic (exact) mass is 448 g/mol. The molecule has 0 amide bonds. The molecule has 0 saturated carbocycles. The van der Waals surface area contributed by atoms with Gasteiger partial charge in [0.05, 0.1) is 6.10 Å². The molecule has 0 bridgehead atoms. The minimum atomic E-state index is -0.652. The van der Waals surface area contributed by atoms with E-state index >= 15 is 0 Å². The zero-order chi connectivity index (χ0) is 24.1. The topological polar surface area (TPSA) is 29.5 Å². The molecule has 3 heteroatoms. The predicted octanol–water partition coefficient (Wildman–Crippen LogP) is 8.32. The van der Waals surface area contributed by atoms with Crippen LogP contribution < -0.4 is 4.74 Å². The van der Waals surface area contributed by atoms with Gasteiger partial charge in [0.15, 0.2) is 0 Å². The predicted molar refractivity (Wildman–Crippen MR) is 135 cm³/mol. The minimum Gasteiger partial charge on any atom is -0.488 e. The molecular formula is C30H37FO2. The first kappa shape index (κ1) is 25.0. The molecule has 3 aromatic rings. The fourth-order valence-corrected chi connectivity index (χ4v) is 4.61. The summed E-state index contributed by atoms with van der Waals surface area (Å²) in [6.45, 7) is 13.1. The van der Waals surface area contributed by atoms with Crippen LogP contribution in [0.5, 0.6) is 5.75 Å². The van der Waals surface area contributed by atoms with Gasteiger partial charge in [-0.25, -0.2) is 4.39 Å². The van der Waals surface area contributed by atoms with Crippen molar-refractivity contribution in [2.75, 3.05) is 0 Å². The molecule has 33 heavy (non-hydrogen) atoms. The van der Waals surface area contributed by atoms with Crippen LogP contribution in [0.2, 0.25) is 0 Å². The first-order valence-corrected chi connectivity index (χ1v) is 12.1. The molecule has 0 heterocycles. The summed E-state index contributed by atoms with van der Waals surface area (Å²) in [7, 11) is 0. The summed E-state index contributed by atoms with van der Waals surface area (Å²) in [4.78, 5) is 0. The lowest BCUT2D eigenvalue weighted by Gasteiger charge is -2.28. The molecule has 0 saturated heterocycles. The Balaban J connectivity index is 2.30. The molecule has 3 aromatic carbocycles. The first-order valence-electron chi connectivity index (χ1n) is 12.1. The van der Waals surface area contributed by atoms with E-state index in [2.05, 4.69) is 40.7 Å². The highest BCUT2D eigenvalue weighted by Gasteiger charge is 2.26. The van der Waals surface area contributed by atoms with Gasteiger partial charge in [0, 0.05) is 11.6 Å². The lowest BCUT2D eigenvalue weighted by Crippen LogP contribution is -2.11. The summed E-state index contributed by atoms with van der Waals surface area (Å²) in [5, 5.41) is 11.0. The highest BCUT2D eigenvalue weighted by Crippen LogP contribution is 2.44. The number of aliphatic hydroxyl groups is 1. The van der Waals surface area contributed by atoms with Crippen molar-refractivity contribution in [3.63, 3.8) is 0 Å². The maximum absolute atomic E-state index is 14.4. The van der Waals surface area contributed by atoms with Crippen LogP contribution in [0.3, 0.4) is 0 Å². The number of halogens is 1. The highest BCUT2D eigenvalue weighted by atomic mass is 19.1. The number of benzene rings is 3. The van der Waals surface area contributed by atoms with Crippen LogP contribution in [0.1, 0.15) is 93.7 Å². The molecule has 0 aromatic heterocycles. The molecule has 0 spiro atoms. The minimum absolute atomic E-state index is 0.246. The quantitative estimate of drug-likeness (QED) is 0.356. The van der Waals surface area contributed by atoms with Crippen LogP contribution in [0.25, 0.3) is 11.1 Å².